The first-order valence-corrected chi connectivity index (χ1v) is 6.06. The average molecular weight is 274 g/mol. The van der Waals surface area contributed by atoms with Crippen molar-refractivity contribution in [1.82, 2.24) is 15.0 Å². The number of pyridine rings is 1. The van der Waals surface area contributed by atoms with E-state index < -0.39 is 5.97 Å². The molecule has 2 heterocycles. The van der Waals surface area contributed by atoms with Gasteiger partial charge in [0.2, 0.25) is 5.88 Å². The van der Waals surface area contributed by atoms with Gasteiger partial charge in [-0.1, -0.05) is 0 Å². The molecule has 0 bridgehead atoms. The number of rotatable bonds is 6. The maximum absolute atomic E-state index is 10.9. The molecule has 0 aliphatic rings. The molecule has 0 atom stereocenters. The SMILES string of the molecule is CCOc1cc(NCc2cc(C(=O)O)ccn2)ncn1. The van der Waals surface area contributed by atoms with Crippen LogP contribution in [0.2, 0.25) is 0 Å². The van der Waals surface area contributed by atoms with Crippen LogP contribution in [0, 0.1) is 0 Å². The molecule has 7 nitrogen and oxygen atoms in total. The lowest BCUT2D eigenvalue weighted by atomic mass is 10.2. The van der Waals surface area contributed by atoms with E-state index in [0.717, 1.165) is 0 Å². The number of aromatic nitrogens is 3. The maximum atomic E-state index is 10.9. The quantitative estimate of drug-likeness (QED) is 0.825. The van der Waals surface area contributed by atoms with Crippen molar-refractivity contribution >= 4 is 11.8 Å². The van der Waals surface area contributed by atoms with E-state index in [2.05, 4.69) is 20.3 Å². The Bertz CT molecular complexity index is 604. The van der Waals surface area contributed by atoms with E-state index in [1.165, 1.54) is 24.7 Å². The van der Waals surface area contributed by atoms with Crippen LogP contribution in [0.25, 0.3) is 0 Å². The van der Waals surface area contributed by atoms with Crippen LogP contribution in [0.15, 0.2) is 30.7 Å². The molecule has 0 saturated carbocycles. The van der Waals surface area contributed by atoms with E-state index in [0.29, 0.717) is 30.5 Å². The summed E-state index contributed by atoms with van der Waals surface area (Å²) in [7, 11) is 0. The van der Waals surface area contributed by atoms with Gasteiger partial charge in [0.05, 0.1) is 24.4 Å². The highest BCUT2D eigenvalue weighted by Gasteiger charge is 2.05. The summed E-state index contributed by atoms with van der Waals surface area (Å²) in [5, 5.41) is 11.9. The third-order valence-electron chi connectivity index (χ3n) is 2.45. The lowest BCUT2D eigenvalue weighted by Gasteiger charge is -2.07. The number of nitrogens with zero attached hydrogens (tertiary/aromatic N) is 3. The summed E-state index contributed by atoms with van der Waals surface area (Å²) < 4.78 is 5.26. The molecule has 0 spiro atoms. The van der Waals surface area contributed by atoms with E-state index >= 15 is 0 Å². The average Bonchev–Trinajstić information content (AvgIpc) is 2.46. The Morgan fingerprint density at radius 3 is 2.95 bits per heavy atom. The summed E-state index contributed by atoms with van der Waals surface area (Å²) in [6.07, 6.45) is 2.86. The van der Waals surface area contributed by atoms with Gasteiger partial charge >= 0.3 is 5.97 Å². The molecular weight excluding hydrogens is 260 g/mol. The molecule has 0 aromatic carbocycles. The van der Waals surface area contributed by atoms with Crippen LogP contribution in [0.5, 0.6) is 5.88 Å². The first-order chi connectivity index (χ1) is 9.69. The third-order valence-corrected chi connectivity index (χ3v) is 2.45. The van der Waals surface area contributed by atoms with Gasteiger partial charge in [0.1, 0.15) is 12.1 Å². The smallest absolute Gasteiger partial charge is 0.335 e. The monoisotopic (exact) mass is 274 g/mol. The summed E-state index contributed by atoms with van der Waals surface area (Å²) in [4.78, 5) is 23.0. The van der Waals surface area contributed by atoms with Crippen molar-refractivity contribution in [2.45, 2.75) is 13.5 Å². The van der Waals surface area contributed by atoms with Crippen LogP contribution in [0.3, 0.4) is 0 Å². The number of ether oxygens (including phenoxy) is 1. The molecule has 0 saturated heterocycles. The lowest BCUT2D eigenvalue weighted by Crippen LogP contribution is -2.06. The molecule has 0 radical (unpaired) electrons. The van der Waals surface area contributed by atoms with Crippen LogP contribution < -0.4 is 10.1 Å². The second-order valence-electron chi connectivity index (χ2n) is 3.87. The summed E-state index contributed by atoms with van der Waals surface area (Å²) in [5.74, 6) is 0.0949. The molecule has 7 heteroatoms. The van der Waals surface area contributed by atoms with Gasteiger partial charge < -0.3 is 15.2 Å². The van der Waals surface area contributed by atoms with E-state index in [9.17, 15) is 4.79 Å². The van der Waals surface area contributed by atoms with Gasteiger partial charge in [0.15, 0.2) is 0 Å². The normalized spacial score (nSPS) is 10.1. The Balaban J connectivity index is 2.03. The first kappa shape index (κ1) is 13.7. The number of carboxylic acids is 1. The van der Waals surface area contributed by atoms with Crippen molar-refractivity contribution in [3.63, 3.8) is 0 Å². The third kappa shape index (κ3) is 3.64. The highest BCUT2D eigenvalue weighted by molar-refractivity contribution is 5.87. The molecule has 104 valence electrons. The van der Waals surface area contributed by atoms with Crippen molar-refractivity contribution < 1.29 is 14.6 Å². The van der Waals surface area contributed by atoms with E-state index in [4.69, 9.17) is 9.84 Å². The maximum Gasteiger partial charge on any atom is 0.335 e. The van der Waals surface area contributed by atoms with Crippen LogP contribution in [0.4, 0.5) is 5.82 Å². The predicted octanol–water partition coefficient (Wildman–Crippen LogP) is 1.58. The number of carboxylic acid groups (broad SMARTS) is 1. The summed E-state index contributed by atoms with van der Waals surface area (Å²) in [5.41, 5.74) is 0.816. The Kier molecular flexibility index (Phi) is 4.43. The summed E-state index contributed by atoms with van der Waals surface area (Å²) in [6.45, 7) is 2.76. The van der Waals surface area contributed by atoms with Crippen molar-refractivity contribution in [3.8, 4) is 5.88 Å². The van der Waals surface area contributed by atoms with Crippen LogP contribution in [-0.2, 0) is 6.54 Å². The standard InChI is InChI=1S/C13H14N4O3/c1-2-20-12-6-11(16-8-17-12)15-7-10-5-9(13(18)19)3-4-14-10/h3-6,8H,2,7H2,1H3,(H,18,19)(H,15,16,17). The highest BCUT2D eigenvalue weighted by Crippen LogP contribution is 2.12. The number of nitrogens with one attached hydrogen (secondary N) is 1. The van der Waals surface area contributed by atoms with Crippen LogP contribution in [-0.4, -0.2) is 32.6 Å². The molecule has 0 fully saturated rings. The Hall–Kier alpha value is -2.70. The first-order valence-electron chi connectivity index (χ1n) is 6.06. The van der Waals surface area contributed by atoms with Crippen molar-refractivity contribution in [2.75, 3.05) is 11.9 Å². The van der Waals surface area contributed by atoms with Gasteiger partial charge in [-0.3, -0.25) is 4.98 Å². The molecule has 0 aliphatic carbocycles. The fraction of sp³-hybridized carbons (Fsp3) is 0.231. The number of aromatic carboxylic acids is 1. The molecule has 0 aliphatic heterocycles. The molecule has 2 rings (SSSR count). The second kappa shape index (κ2) is 6.46. The predicted molar refractivity (Wildman–Crippen MR) is 71.7 cm³/mol. The minimum atomic E-state index is -0.977. The van der Waals surface area contributed by atoms with Crippen LogP contribution in [0.1, 0.15) is 23.0 Å². The molecule has 0 amide bonds. The molecule has 2 aromatic heterocycles. The Morgan fingerprint density at radius 2 is 2.20 bits per heavy atom. The lowest BCUT2D eigenvalue weighted by molar-refractivity contribution is 0.0696. The van der Waals surface area contributed by atoms with Crippen molar-refractivity contribution in [2.24, 2.45) is 0 Å². The molecule has 2 N–H and O–H groups in total. The number of carbonyl (C=O) groups is 1. The van der Waals surface area contributed by atoms with Gasteiger partial charge in [0, 0.05) is 12.3 Å². The van der Waals surface area contributed by atoms with E-state index in [1.807, 2.05) is 6.92 Å². The molecule has 0 unspecified atom stereocenters. The summed E-state index contributed by atoms with van der Waals surface area (Å²) >= 11 is 0. The van der Waals surface area contributed by atoms with Crippen molar-refractivity contribution in [3.05, 3.63) is 42.0 Å². The number of anilines is 1. The zero-order valence-corrected chi connectivity index (χ0v) is 10.9. The Morgan fingerprint density at radius 1 is 1.35 bits per heavy atom. The van der Waals surface area contributed by atoms with Gasteiger partial charge in [-0.2, -0.15) is 0 Å². The van der Waals surface area contributed by atoms with Crippen LogP contribution >= 0.6 is 0 Å². The number of hydrogen-bond acceptors (Lipinski definition) is 6. The Labute approximate surface area is 115 Å². The molecule has 20 heavy (non-hydrogen) atoms. The zero-order valence-electron chi connectivity index (χ0n) is 10.9. The van der Waals surface area contributed by atoms with Crippen molar-refractivity contribution in [1.29, 1.82) is 0 Å². The largest absolute Gasteiger partial charge is 0.478 e. The van der Waals surface area contributed by atoms with Gasteiger partial charge in [-0.15, -0.1) is 0 Å². The zero-order chi connectivity index (χ0) is 14.4. The minimum absolute atomic E-state index is 0.203. The fourth-order valence-corrected chi connectivity index (χ4v) is 1.55. The van der Waals surface area contributed by atoms with E-state index in [1.54, 1.807) is 6.07 Å². The fourth-order valence-electron chi connectivity index (χ4n) is 1.55. The van der Waals surface area contributed by atoms with E-state index in [-0.39, 0.29) is 5.56 Å². The number of hydrogen-bond donors (Lipinski definition) is 2. The van der Waals surface area contributed by atoms with Gasteiger partial charge in [-0.05, 0) is 19.1 Å². The minimum Gasteiger partial charge on any atom is -0.478 e. The molecule has 2 aromatic rings. The van der Waals surface area contributed by atoms with Gasteiger partial charge in [0.25, 0.3) is 0 Å². The highest BCUT2D eigenvalue weighted by atomic mass is 16.5. The summed E-state index contributed by atoms with van der Waals surface area (Å²) in [6, 6.07) is 4.63. The van der Waals surface area contributed by atoms with Gasteiger partial charge in [-0.25, -0.2) is 14.8 Å². The topological polar surface area (TPSA) is 97.2 Å². The molecular formula is C13H14N4O3. The second-order valence-corrected chi connectivity index (χ2v) is 3.87.